The Morgan fingerprint density at radius 2 is 1.86 bits per heavy atom. The maximum absolute atomic E-state index is 12.4. The predicted octanol–water partition coefficient (Wildman–Crippen LogP) is 0.477. The van der Waals surface area contributed by atoms with Crippen molar-refractivity contribution >= 4 is 31.9 Å². The van der Waals surface area contributed by atoms with Crippen LogP contribution in [0.2, 0.25) is 0 Å². The SMILES string of the molecule is Cc1cc(C(=O)O)cc(S(=O)(=O)NC(C)(CO)CO)c1Br. The molecule has 1 aromatic rings. The summed E-state index contributed by atoms with van der Waals surface area (Å²) in [6.07, 6.45) is 0. The fourth-order valence-electron chi connectivity index (χ4n) is 1.55. The van der Waals surface area contributed by atoms with Gasteiger partial charge in [0.2, 0.25) is 10.0 Å². The highest BCUT2D eigenvalue weighted by Crippen LogP contribution is 2.28. The van der Waals surface area contributed by atoms with E-state index < -0.39 is 34.7 Å². The van der Waals surface area contributed by atoms with E-state index in [1.807, 2.05) is 0 Å². The van der Waals surface area contributed by atoms with E-state index >= 15 is 0 Å². The second kappa shape index (κ2) is 6.41. The van der Waals surface area contributed by atoms with Crippen LogP contribution in [0.3, 0.4) is 0 Å². The first kappa shape index (κ1) is 18.1. The normalized spacial score (nSPS) is 12.4. The van der Waals surface area contributed by atoms with Crippen molar-refractivity contribution in [1.82, 2.24) is 4.72 Å². The van der Waals surface area contributed by atoms with Crippen LogP contribution in [0.15, 0.2) is 21.5 Å². The maximum atomic E-state index is 12.4. The molecule has 0 aliphatic heterocycles. The minimum Gasteiger partial charge on any atom is -0.478 e. The van der Waals surface area contributed by atoms with Crippen molar-refractivity contribution in [3.63, 3.8) is 0 Å². The average molecular weight is 382 g/mol. The number of rotatable bonds is 6. The van der Waals surface area contributed by atoms with Crippen molar-refractivity contribution in [2.75, 3.05) is 13.2 Å². The molecular formula is C12H16BrNO6S. The molecule has 9 heteroatoms. The highest BCUT2D eigenvalue weighted by Gasteiger charge is 2.31. The van der Waals surface area contributed by atoms with Crippen molar-refractivity contribution in [1.29, 1.82) is 0 Å². The smallest absolute Gasteiger partial charge is 0.335 e. The van der Waals surface area contributed by atoms with Crippen LogP contribution in [0.25, 0.3) is 0 Å². The molecule has 0 aromatic heterocycles. The Balaban J connectivity index is 3.41. The van der Waals surface area contributed by atoms with Crippen LogP contribution >= 0.6 is 15.9 Å². The van der Waals surface area contributed by atoms with Gasteiger partial charge in [-0.3, -0.25) is 0 Å². The molecular weight excluding hydrogens is 366 g/mol. The number of aliphatic hydroxyl groups is 2. The Kier molecular flexibility index (Phi) is 5.51. The summed E-state index contributed by atoms with van der Waals surface area (Å²) in [7, 11) is -4.13. The van der Waals surface area contributed by atoms with E-state index in [1.165, 1.54) is 13.0 Å². The van der Waals surface area contributed by atoms with Crippen LogP contribution in [0.1, 0.15) is 22.8 Å². The molecule has 0 saturated carbocycles. The van der Waals surface area contributed by atoms with E-state index in [2.05, 4.69) is 20.7 Å². The number of benzene rings is 1. The Bertz CT molecular complexity index is 654. The third-order valence-electron chi connectivity index (χ3n) is 2.84. The topological polar surface area (TPSA) is 124 Å². The van der Waals surface area contributed by atoms with Gasteiger partial charge in [0.15, 0.2) is 0 Å². The van der Waals surface area contributed by atoms with Gasteiger partial charge < -0.3 is 15.3 Å². The van der Waals surface area contributed by atoms with Crippen molar-refractivity contribution in [2.24, 2.45) is 0 Å². The molecule has 0 radical (unpaired) electrons. The van der Waals surface area contributed by atoms with E-state index in [-0.39, 0.29) is 14.9 Å². The number of hydrogen-bond donors (Lipinski definition) is 4. The molecule has 0 aliphatic rings. The molecule has 1 rings (SSSR count). The minimum absolute atomic E-state index is 0.175. The lowest BCUT2D eigenvalue weighted by Gasteiger charge is -2.26. The molecule has 0 spiro atoms. The van der Waals surface area contributed by atoms with E-state index in [1.54, 1.807) is 6.92 Å². The summed E-state index contributed by atoms with van der Waals surface area (Å²) in [6, 6.07) is 2.35. The fourth-order valence-corrected chi connectivity index (χ4v) is 3.99. The first-order valence-electron chi connectivity index (χ1n) is 5.85. The van der Waals surface area contributed by atoms with Crippen molar-refractivity contribution in [3.8, 4) is 0 Å². The monoisotopic (exact) mass is 381 g/mol. The second-order valence-electron chi connectivity index (χ2n) is 4.89. The van der Waals surface area contributed by atoms with E-state index in [9.17, 15) is 13.2 Å². The Hall–Kier alpha value is -1.00. The van der Waals surface area contributed by atoms with Crippen molar-refractivity contribution < 1.29 is 28.5 Å². The molecule has 0 aliphatic carbocycles. The lowest BCUT2D eigenvalue weighted by molar-refractivity contribution is 0.0696. The van der Waals surface area contributed by atoms with E-state index in [0.717, 1.165) is 6.07 Å². The summed E-state index contributed by atoms with van der Waals surface area (Å²) in [4.78, 5) is 10.8. The number of aliphatic hydroxyl groups excluding tert-OH is 2. The van der Waals surface area contributed by atoms with E-state index in [4.69, 9.17) is 15.3 Å². The summed E-state index contributed by atoms with van der Waals surface area (Å²) in [5, 5.41) is 27.3. The molecule has 1 aromatic carbocycles. The number of carboxylic acid groups (broad SMARTS) is 1. The summed E-state index contributed by atoms with van der Waals surface area (Å²) in [6.45, 7) is 1.66. The predicted molar refractivity (Wildman–Crippen MR) is 78.7 cm³/mol. The zero-order valence-corrected chi connectivity index (χ0v) is 13.8. The number of aryl methyl sites for hydroxylation is 1. The molecule has 0 bridgehead atoms. The van der Waals surface area contributed by atoms with Crippen molar-refractivity contribution in [2.45, 2.75) is 24.3 Å². The van der Waals surface area contributed by atoms with Gasteiger partial charge in [-0.15, -0.1) is 0 Å². The summed E-state index contributed by atoms with van der Waals surface area (Å²) in [5.74, 6) is -1.26. The van der Waals surface area contributed by atoms with Gasteiger partial charge >= 0.3 is 5.97 Å². The second-order valence-corrected chi connectivity index (χ2v) is 7.34. The van der Waals surface area contributed by atoms with Crippen LogP contribution in [0.5, 0.6) is 0 Å². The highest BCUT2D eigenvalue weighted by molar-refractivity contribution is 9.10. The number of carboxylic acids is 1. The zero-order valence-electron chi connectivity index (χ0n) is 11.4. The van der Waals surface area contributed by atoms with Crippen LogP contribution in [0, 0.1) is 6.92 Å². The van der Waals surface area contributed by atoms with Crippen LogP contribution in [-0.2, 0) is 10.0 Å². The number of hydrogen-bond acceptors (Lipinski definition) is 5. The molecule has 0 amide bonds. The van der Waals surface area contributed by atoms with Crippen molar-refractivity contribution in [3.05, 3.63) is 27.7 Å². The van der Waals surface area contributed by atoms with Crippen LogP contribution in [0.4, 0.5) is 0 Å². The molecule has 0 heterocycles. The van der Waals surface area contributed by atoms with Gasteiger partial charge in [-0.05, 0) is 47.5 Å². The van der Waals surface area contributed by atoms with Gasteiger partial charge in [-0.25, -0.2) is 17.9 Å². The number of carbonyl (C=O) groups is 1. The molecule has 21 heavy (non-hydrogen) atoms. The van der Waals surface area contributed by atoms with Gasteiger partial charge in [0.05, 0.1) is 29.2 Å². The molecule has 0 fully saturated rings. The number of aromatic carboxylic acids is 1. The molecule has 0 unspecified atom stereocenters. The summed E-state index contributed by atoms with van der Waals surface area (Å²) < 4.78 is 27.1. The molecule has 7 nitrogen and oxygen atoms in total. The summed E-state index contributed by atoms with van der Waals surface area (Å²) in [5.41, 5.74) is -1.19. The fraction of sp³-hybridized carbons (Fsp3) is 0.417. The first-order valence-corrected chi connectivity index (χ1v) is 8.13. The van der Waals surface area contributed by atoms with Crippen LogP contribution in [-0.4, -0.2) is 48.5 Å². The Labute approximate surface area is 130 Å². The molecule has 0 atom stereocenters. The maximum Gasteiger partial charge on any atom is 0.335 e. The largest absolute Gasteiger partial charge is 0.478 e. The number of sulfonamides is 1. The van der Waals surface area contributed by atoms with Gasteiger partial charge in [-0.2, -0.15) is 0 Å². The lowest BCUT2D eigenvalue weighted by atomic mass is 10.1. The lowest BCUT2D eigenvalue weighted by Crippen LogP contribution is -2.51. The highest BCUT2D eigenvalue weighted by atomic mass is 79.9. The van der Waals surface area contributed by atoms with Crippen LogP contribution < -0.4 is 4.72 Å². The quantitative estimate of drug-likeness (QED) is 0.567. The first-order chi connectivity index (χ1) is 9.56. The third-order valence-corrected chi connectivity index (χ3v) is 5.81. The summed E-state index contributed by atoms with van der Waals surface area (Å²) >= 11 is 3.11. The molecule has 118 valence electrons. The van der Waals surface area contributed by atoms with E-state index in [0.29, 0.717) is 5.56 Å². The third kappa shape index (κ3) is 4.01. The zero-order chi connectivity index (χ0) is 16.4. The Morgan fingerprint density at radius 3 is 2.29 bits per heavy atom. The number of nitrogens with one attached hydrogen (secondary N) is 1. The minimum atomic E-state index is -4.13. The van der Waals surface area contributed by atoms with Gasteiger partial charge in [0, 0.05) is 4.47 Å². The average Bonchev–Trinajstić information content (AvgIpc) is 2.40. The molecule has 4 N–H and O–H groups in total. The number of halogens is 1. The standard InChI is InChI=1S/C12H16BrNO6S/c1-7-3-8(11(17)18)4-9(10(7)13)21(19,20)14-12(2,5-15)6-16/h3-4,14-16H,5-6H2,1-2H3,(H,17,18). The van der Waals surface area contributed by atoms with Gasteiger partial charge in [0.1, 0.15) is 0 Å². The Morgan fingerprint density at radius 1 is 1.33 bits per heavy atom. The van der Waals surface area contributed by atoms with Gasteiger partial charge in [-0.1, -0.05) is 0 Å². The van der Waals surface area contributed by atoms with Gasteiger partial charge in [0.25, 0.3) is 0 Å². The molecule has 0 saturated heterocycles.